The van der Waals surface area contributed by atoms with Crippen LogP contribution >= 0.6 is 0 Å². The number of carboxylic acids is 1. The summed E-state index contributed by atoms with van der Waals surface area (Å²) in [5.41, 5.74) is 0. The van der Waals surface area contributed by atoms with E-state index in [0.29, 0.717) is 25.5 Å². The zero-order chi connectivity index (χ0) is 12.7. The molecule has 0 aromatic carbocycles. The van der Waals surface area contributed by atoms with Crippen molar-refractivity contribution in [1.82, 2.24) is 10.6 Å². The third-order valence-electron chi connectivity index (χ3n) is 2.67. The molecule has 6 nitrogen and oxygen atoms in total. The van der Waals surface area contributed by atoms with Crippen molar-refractivity contribution in [3.8, 4) is 0 Å². The van der Waals surface area contributed by atoms with E-state index in [2.05, 4.69) is 10.6 Å². The predicted molar refractivity (Wildman–Crippen MR) is 61.7 cm³/mol. The lowest BCUT2D eigenvalue weighted by molar-refractivity contribution is -0.142. The van der Waals surface area contributed by atoms with Crippen LogP contribution in [0.3, 0.4) is 0 Å². The number of ether oxygens (including phenoxy) is 1. The van der Waals surface area contributed by atoms with E-state index >= 15 is 0 Å². The molecule has 1 aliphatic carbocycles. The molecule has 0 aliphatic heterocycles. The van der Waals surface area contributed by atoms with Crippen molar-refractivity contribution in [2.24, 2.45) is 5.92 Å². The molecule has 0 saturated heterocycles. The molecule has 1 fully saturated rings. The van der Waals surface area contributed by atoms with E-state index in [1.165, 1.54) is 0 Å². The number of rotatable bonds is 9. The maximum atomic E-state index is 11.4. The summed E-state index contributed by atoms with van der Waals surface area (Å²) >= 11 is 0. The van der Waals surface area contributed by atoms with E-state index in [1.807, 2.05) is 0 Å². The van der Waals surface area contributed by atoms with E-state index in [4.69, 9.17) is 9.84 Å². The molecule has 0 radical (unpaired) electrons. The molecule has 98 valence electrons. The first-order chi connectivity index (χ1) is 8.13. The van der Waals surface area contributed by atoms with Crippen molar-refractivity contribution < 1.29 is 19.4 Å². The summed E-state index contributed by atoms with van der Waals surface area (Å²) in [4.78, 5) is 22.4. The molecule has 3 N–H and O–H groups in total. The molecule has 0 bridgehead atoms. The zero-order valence-corrected chi connectivity index (χ0v) is 10.1. The highest BCUT2D eigenvalue weighted by Crippen LogP contribution is 2.33. The number of methoxy groups -OCH3 is 1. The average molecular weight is 244 g/mol. The third-order valence-corrected chi connectivity index (χ3v) is 2.67. The molecule has 0 aromatic heterocycles. The number of hydrogen-bond donors (Lipinski definition) is 3. The highest BCUT2D eigenvalue weighted by molar-refractivity contribution is 5.84. The van der Waals surface area contributed by atoms with E-state index in [1.54, 1.807) is 7.11 Å². The number of aliphatic carboxylic acids is 1. The lowest BCUT2D eigenvalue weighted by Crippen LogP contribution is -2.45. The Morgan fingerprint density at radius 3 is 2.71 bits per heavy atom. The number of carbonyl (C=O) groups excluding carboxylic acids is 1. The monoisotopic (exact) mass is 244 g/mol. The molecule has 1 amide bonds. The lowest BCUT2D eigenvalue weighted by atomic mass is 10.1. The van der Waals surface area contributed by atoms with Crippen molar-refractivity contribution in [3.63, 3.8) is 0 Å². The first kappa shape index (κ1) is 13.9. The number of carboxylic acid groups (broad SMARTS) is 1. The Bertz CT molecular complexity index is 266. The van der Waals surface area contributed by atoms with Crippen molar-refractivity contribution in [2.75, 3.05) is 26.8 Å². The minimum atomic E-state index is -0.956. The quantitative estimate of drug-likeness (QED) is 0.480. The largest absolute Gasteiger partial charge is 0.480 e. The molecule has 1 rings (SSSR count). The Kier molecular flexibility index (Phi) is 5.93. The van der Waals surface area contributed by atoms with Gasteiger partial charge in [-0.1, -0.05) is 12.8 Å². The van der Waals surface area contributed by atoms with Gasteiger partial charge in [-0.15, -0.1) is 0 Å². The van der Waals surface area contributed by atoms with Crippen LogP contribution in [0.4, 0.5) is 0 Å². The average Bonchev–Trinajstić information content (AvgIpc) is 3.07. The maximum absolute atomic E-state index is 11.4. The minimum Gasteiger partial charge on any atom is -0.480 e. The van der Waals surface area contributed by atoms with Crippen LogP contribution in [-0.2, 0) is 14.3 Å². The molecule has 0 unspecified atom stereocenters. The van der Waals surface area contributed by atoms with Gasteiger partial charge in [0.15, 0.2) is 0 Å². The summed E-state index contributed by atoms with van der Waals surface area (Å²) in [6, 6.07) is -0.751. The fourth-order valence-electron chi connectivity index (χ4n) is 1.53. The summed E-state index contributed by atoms with van der Waals surface area (Å²) in [6.07, 6.45) is 2.69. The van der Waals surface area contributed by atoms with Crippen molar-refractivity contribution >= 4 is 11.9 Å². The normalized spacial score (nSPS) is 16.5. The Morgan fingerprint density at radius 2 is 2.18 bits per heavy atom. The molecule has 6 heteroatoms. The number of nitrogens with one attached hydrogen (secondary N) is 2. The van der Waals surface area contributed by atoms with Gasteiger partial charge >= 0.3 is 5.97 Å². The molecule has 0 spiro atoms. The smallest absolute Gasteiger partial charge is 0.326 e. The summed E-state index contributed by atoms with van der Waals surface area (Å²) in [7, 11) is 1.58. The van der Waals surface area contributed by atoms with E-state index in [0.717, 1.165) is 12.8 Å². The summed E-state index contributed by atoms with van der Waals surface area (Å²) in [6.45, 7) is 1.22. The molecule has 1 atom stereocenters. The molecular weight excluding hydrogens is 224 g/mol. The SMILES string of the molecule is COCCNCC(=O)N[C@@H](CC1CC1)C(=O)O. The van der Waals surface area contributed by atoms with Gasteiger partial charge in [0.2, 0.25) is 5.91 Å². The Morgan fingerprint density at radius 1 is 1.47 bits per heavy atom. The fourth-order valence-corrected chi connectivity index (χ4v) is 1.53. The van der Waals surface area contributed by atoms with Crippen LogP contribution in [0.5, 0.6) is 0 Å². The van der Waals surface area contributed by atoms with Crippen LogP contribution in [-0.4, -0.2) is 49.8 Å². The van der Waals surface area contributed by atoms with Gasteiger partial charge in [0.25, 0.3) is 0 Å². The highest BCUT2D eigenvalue weighted by Gasteiger charge is 2.29. The Labute approximate surface area is 101 Å². The molecule has 17 heavy (non-hydrogen) atoms. The summed E-state index contributed by atoms with van der Waals surface area (Å²) in [5.74, 6) is -0.769. The standard InChI is InChI=1S/C11H20N2O4/c1-17-5-4-12-7-10(14)13-9(11(15)16)6-8-2-3-8/h8-9,12H,2-7H2,1H3,(H,13,14)(H,15,16)/t9-/m0/s1. The van der Waals surface area contributed by atoms with Gasteiger partial charge in [0.1, 0.15) is 6.04 Å². The summed E-state index contributed by atoms with van der Waals surface area (Å²) < 4.78 is 4.82. The van der Waals surface area contributed by atoms with E-state index in [-0.39, 0.29) is 12.5 Å². The van der Waals surface area contributed by atoms with Crippen LogP contribution in [0.1, 0.15) is 19.3 Å². The van der Waals surface area contributed by atoms with Gasteiger partial charge in [-0.25, -0.2) is 4.79 Å². The van der Waals surface area contributed by atoms with Crippen LogP contribution in [0.15, 0.2) is 0 Å². The second kappa shape index (κ2) is 7.24. The fraction of sp³-hybridized carbons (Fsp3) is 0.818. The third kappa shape index (κ3) is 6.23. The second-order valence-corrected chi connectivity index (χ2v) is 4.31. The first-order valence-corrected chi connectivity index (χ1v) is 5.85. The number of carbonyl (C=O) groups is 2. The van der Waals surface area contributed by atoms with E-state index in [9.17, 15) is 9.59 Å². The molecule has 1 saturated carbocycles. The van der Waals surface area contributed by atoms with Gasteiger partial charge in [-0.05, 0) is 12.3 Å². The molecule has 0 aromatic rings. The van der Waals surface area contributed by atoms with Gasteiger partial charge < -0.3 is 20.5 Å². The van der Waals surface area contributed by atoms with Crippen molar-refractivity contribution in [3.05, 3.63) is 0 Å². The molecule has 0 heterocycles. The summed E-state index contributed by atoms with van der Waals surface area (Å²) in [5, 5.41) is 14.3. The van der Waals surface area contributed by atoms with Gasteiger partial charge in [0, 0.05) is 13.7 Å². The minimum absolute atomic E-state index is 0.123. The highest BCUT2D eigenvalue weighted by atomic mass is 16.5. The molecular formula is C11H20N2O4. The second-order valence-electron chi connectivity index (χ2n) is 4.31. The Hall–Kier alpha value is -1.14. The van der Waals surface area contributed by atoms with Crippen LogP contribution in [0, 0.1) is 5.92 Å². The van der Waals surface area contributed by atoms with Gasteiger partial charge in [-0.3, -0.25) is 4.79 Å². The Balaban J connectivity index is 2.18. The van der Waals surface area contributed by atoms with Crippen LogP contribution in [0.25, 0.3) is 0 Å². The topological polar surface area (TPSA) is 87.7 Å². The zero-order valence-electron chi connectivity index (χ0n) is 10.1. The number of hydrogen-bond acceptors (Lipinski definition) is 4. The van der Waals surface area contributed by atoms with Crippen LogP contribution < -0.4 is 10.6 Å². The molecule has 1 aliphatic rings. The van der Waals surface area contributed by atoms with Crippen molar-refractivity contribution in [1.29, 1.82) is 0 Å². The lowest BCUT2D eigenvalue weighted by Gasteiger charge is -2.14. The number of amides is 1. The van der Waals surface area contributed by atoms with Gasteiger partial charge in [-0.2, -0.15) is 0 Å². The van der Waals surface area contributed by atoms with Crippen molar-refractivity contribution in [2.45, 2.75) is 25.3 Å². The van der Waals surface area contributed by atoms with Crippen LogP contribution in [0.2, 0.25) is 0 Å². The first-order valence-electron chi connectivity index (χ1n) is 5.85. The predicted octanol–water partition coefficient (Wildman–Crippen LogP) is -0.408. The van der Waals surface area contributed by atoms with E-state index < -0.39 is 12.0 Å². The maximum Gasteiger partial charge on any atom is 0.326 e. The van der Waals surface area contributed by atoms with Gasteiger partial charge in [0.05, 0.1) is 13.2 Å².